The number of benzene rings is 3. The van der Waals surface area contributed by atoms with Gasteiger partial charge in [-0.15, -0.1) is 5.10 Å². The van der Waals surface area contributed by atoms with E-state index in [0.717, 1.165) is 16.8 Å². The molecular formula is C22H17N3O2. The van der Waals surface area contributed by atoms with E-state index >= 15 is 0 Å². The second kappa shape index (κ2) is 9.01. The summed E-state index contributed by atoms with van der Waals surface area (Å²) < 4.78 is 0. The summed E-state index contributed by atoms with van der Waals surface area (Å²) in [6, 6.07) is 26.2. The Labute approximate surface area is 157 Å². The molecule has 132 valence electrons. The molecule has 0 bridgehead atoms. The van der Waals surface area contributed by atoms with Crippen LogP contribution in [0.4, 0.5) is 5.69 Å². The van der Waals surface area contributed by atoms with Crippen LogP contribution < -0.4 is 0 Å². The Morgan fingerprint density at radius 2 is 1.37 bits per heavy atom. The number of rotatable bonds is 6. The predicted octanol–water partition coefficient (Wildman–Crippen LogP) is 5.13. The van der Waals surface area contributed by atoms with Crippen LogP contribution in [0.1, 0.15) is 16.7 Å². The standard InChI is InChI=1S/C22H17N3O2/c26-25(27)21-16-8-7-10-18(21)15-9-17-23-24-22(19-11-3-1-4-12-19)20-13-5-2-6-14-20/h1-17H/b15-9+,23-17-. The molecule has 0 heterocycles. The van der Waals surface area contributed by atoms with Gasteiger partial charge in [-0.05, 0) is 18.2 Å². The van der Waals surface area contributed by atoms with Crippen molar-refractivity contribution in [3.8, 4) is 0 Å². The van der Waals surface area contributed by atoms with Crippen molar-refractivity contribution in [3.63, 3.8) is 0 Å². The van der Waals surface area contributed by atoms with Crippen LogP contribution in [0, 0.1) is 10.1 Å². The molecule has 0 aliphatic carbocycles. The van der Waals surface area contributed by atoms with Gasteiger partial charge in [0.15, 0.2) is 0 Å². The molecule has 0 fully saturated rings. The van der Waals surface area contributed by atoms with Gasteiger partial charge in [-0.1, -0.05) is 72.8 Å². The molecule has 0 amide bonds. The zero-order valence-corrected chi connectivity index (χ0v) is 14.5. The maximum atomic E-state index is 11.0. The molecule has 0 aliphatic rings. The quantitative estimate of drug-likeness (QED) is 0.349. The highest BCUT2D eigenvalue weighted by atomic mass is 16.6. The number of hydrogen-bond donors (Lipinski definition) is 0. The smallest absolute Gasteiger partial charge is 0.258 e. The summed E-state index contributed by atoms with van der Waals surface area (Å²) in [6.07, 6.45) is 4.80. The van der Waals surface area contributed by atoms with Crippen molar-refractivity contribution in [2.75, 3.05) is 0 Å². The van der Waals surface area contributed by atoms with E-state index < -0.39 is 4.92 Å². The number of para-hydroxylation sites is 1. The average molecular weight is 355 g/mol. The van der Waals surface area contributed by atoms with Crippen LogP contribution >= 0.6 is 0 Å². The summed E-state index contributed by atoms with van der Waals surface area (Å²) in [6.45, 7) is 0. The lowest BCUT2D eigenvalue weighted by molar-refractivity contribution is -0.385. The van der Waals surface area contributed by atoms with Crippen LogP contribution in [-0.4, -0.2) is 16.8 Å². The van der Waals surface area contributed by atoms with E-state index in [-0.39, 0.29) is 5.69 Å². The summed E-state index contributed by atoms with van der Waals surface area (Å²) in [5, 5.41) is 19.5. The highest BCUT2D eigenvalue weighted by molar-refractivity contribution is 6.12. The minimum absolute atomic E-state index is 0.0555. The monoisotopic (exact) mass is 355 g/mol. The highest BCUT2D eigenvalue weighted by Gasteiger charge is 2.08. The molecule has 5 heteroatoms. The third-order valence-electron chi connectivity index (χ3n) is 3.81. The summed E-state index contributed by atoms with van der Waals surface area (Å²) in [7, 11) is 0. The summed E-state index contributed by atoms with van der Waals surface area (Å²) in [5.41, 5.74) is 3.25. The van der Waals surface area contributed by atoms with Gasteiger partial charge in [0.2, 0.25) is 0 Å². The lowest BCUT2D eigenvalue weighted by atomic mass is 10.0. The molecule has 0 saturated carbocycles. The first kappa shape index (κ1) is 17.9. The van der Waals surface area contributed by atoms with Gasteiger partial charge in [-0.2, -0.15) is 5.10 Å². The largest absolute Gasteiger partial charge is 0.276 e. The maximum absolute atomic E-state index is 11.0. The Morgan fingerprint density at radius 1 is 0.815 bits per heavy atom. The zero-order chi connectivity index (χ0) is 18.9. The fourth-order valence-corrected chi connectivity index (χ4v) is 2.55. The Morgan fingerprint density at radius 3 is 1.96 bits per heavy atom. The summed E-state index contributed by atoms with van der Waals surface area (Å²) in [4.78, 5) is 10.6. The first-order valence-electron chi connectivity index (χ1n) is 8.37. The molecule has 0 N–H and O–H groups in total. The van der Waals surface area contributed by atoms with E-state index in [2.05, 4.69) is 10.2 Å². The average Bonchev–Trinajstić information content (AvgIpc) is 2.72. The van der Waals surface area contributed by atoms with E-state index in [0.29, 0.717) is 5.56 Å². The Hall–Kier alpha value is -3.86. The molecule has 27 heavy (non-hydrogen) atoms. The number of nitro groups is 1. The van der Waals surface area contributed by atoms with Crippen molar-refractivity contribution in [1.29, 1.82) is 0 Å². The van der Waals surface area contributed by atoms with E-state index in [4.69, 9.17) is 0 Å². The molecule has 3 rings (SSSR count). The van der Waals surface area contributed by atoms with Crippen molar-refractivity contribution < 1.29 is 4.92 Å². The van der Waals surface area contributed by atoms with Crippen LogP contribution in [0.2, 0.25) is 0 Å². The van der Waals surface area contributed by atoms with Crippen LogP contribution in [0.3, 0.4) is 0 Å². The van der Waals surface area contributed by atoms with Gasteiger partial charge in [0.1, 0.15) is 5.71 Å². The second-order valence-electron chi connectivity index (χ2n) is 5.62. The second-order valence-corrected chi connectivity index (χ2v) is 5.62. The fraction of sp³-hybridized carbons (Fsp3) is 0. The van der Waals surface area contributed by atoms with Crippen molar-refractivity contribution in [1.82, 2.24) is 0 Å². The Kier molecular flexibility index (Phi) is 5.99. The fourth-order valence-electron chi connectivity index (χ4n) is 2.55. The molecule has 0 atom stereocenters. The van der Waals surface area contributed by atoms with E-state index in [1.165, 1.54) is 12.3 Å². The van der Waals surface area contributed by atoms with Crippen LogP contribution in [0.15, 0.2) is 101 Å². The number of nitro benzene ring substituents is 1. The summed E-state index contributed by atoms with van der Waals surface area (Å²) in [5.74, 6) is 0. The summed E-state index contributed by atoms with van der Waals surface area (Å²) >= 11 is 0. The minimum atomic E-state index is -0.405. The number of allylic oxidation sites excluding steroid dienone is 1. The van der Waals surface area contributed by atoms with Gasteiger partial charge in [0, 0.05) is 23.4 Å². The zero-order valence-electron chi connectivity index (χ0n) is 14.5. The SMILES string of the molecule is O=[N+]([O-])c1ccccc1/C=C/C=N\N=C(c1ccccc1)c1ccccc1. The Bertz CT molecular complexity index is 953. The molecule has 0 aromatic heterocycles. The lowest BCUT2D eigenvalue weighted by Gasteiger charge is -2.04. The Balaban J connectivity index is 1.84. The molecule has 3 aromatic rings. The topological polar surface area (TPSA) is 67.9 Å². The van der Waals surface area contributed by atoms with E-state index in [1.807, 2.05) is 60.7 Å². The third-order valence-corrected chi connectivity index (χ3v) is 3.81. The van der Waals surface area contributed by atoms with Crippen molar-refractivity contribution >= 4 is 23.7 Å². The van der Waals surface area contributed by atoms with E-state index in [1.54, 1.807) is 30.4 Å². The molecule has 5 nitrogen and oxygen atoms in total. The molecular weight excluding hydrogens is 338 g/mol. The first-order valence-corrected chi connectivity index (χ1v) is 8.37. The van der Waals surface area contributed by atoms with Gasteiger partial charge < -0.3 is 0 Å². The van der Waals surface area contributed by atoms with Crippen LogP contribution in [-0.2, 0) is 0 Å². The normalized spacial score (nSPS) is 11.0. The highest BCUT2D eigenvalue weighted by Crippen LogP contribution is 2.18. The van der Waals surface area contributed by atoms with Crippen LogP contribution in [0.5, 0.6) is 0 Å². The maximum Gasteiger partial charge on any atom is 0.276 e. The molecule has 0 aliphatic heterocycles. The first-order chi connectivity index (χ1) is 13.3. The van der Waals surface area contributed by atoms with Gasteiger partial charge in [0.05, 0.1) is 10.5 Å². The van der Waals surface area contributed by atoms with Gasteiger partial charge in [0.25, 0.3) is 5.69 Å². The van der Waals surface area contributed by atoms with Crippen molar-refractivity contribution in [2.45, 2.75) is 0 Å². The lowest BCUT2D eigenvalue weighted by Crippen LogP contribution is -2.02. The molecule has 0 unspecified atom stereocenters. The number of nitrogens with zero attached hydrogens (tertiary/aromatic N) is 3. The molecule has 0 spiro atoms. The molecule has 0 radical (unpaired) electrons. The minimum Gasteiger partial charge on any atom is -0.258 e. The van der Waals surface area contributed by atoms with Gasteiger partial charge in [-0.3, -0.25) is 10.1 Å². The molecule has 0 saturated heterocycles. The molecule has 3 aromatic carbocycles. The predicted molar refractivity (Wildman–Crippen MR) is 109 cm³/mol. The van der Waals surface area contributed by atoms with E-state index in [9.17, 15) is 10.1 Å². The van der Waals surface area contributed by atoms with Crippen molar-refractivity contribution in [3.05, 3.63) is 118 Å². The third kappa shape index (κ3) is 4.83. The van der Waals surface area contributed by atoms with Crippen LogP contribution in [0.25, 0.3) is 6.08 Å². The van der Waals surface area contributed by atoms with Gasteiger partial charge >= 0.3 is 0 Å². The van der Waals surface area contributed by atoms with Crippen molar-refractivity contribution in [2.24, 2.45) is 10.2 Å². The van der Waals surface area contributed by atoms with Gasteiger partial charge in [-0.25, -0.2) is 0 Å². The number of hydrogen-bond acceptors (Lipinski definition) is 4.